The van der Waals surface area contributed by atoms with Crippen molar-refractivity contribution in [3.8, 4) is 0 Å². The van der Waals surface area contributed by atoms with Crippen LogP contribution in [0.3, 0.4) is 0 Å². The fourth-order valence-electron chi connectivity index (χ4n) is 4.86. The zero-order valence-corrected chi connectivity index (χ0v) is 14.6. The van der Waals surface area contributed by atoms with E-state index in [0.29, 0.717) is 5.92 Å². The van der Waals surface area contributed by atoms with Gasteiger partial charge in [0.1, 0.15) is 5.82 Å². The molecule has 2 aromatic carbocycles. The van der Waals surface area contributed by atoms with Gasteiger partial charge in [-0.15, -0.1) is 0 Å². The minimum Gasteiger partial charge on any atom is -0.334 e. The van der Waals surface area contributed by atoms with Gasteiger partial charge in [-0.05, 0) is 54.4 Å². The second kappa shape index (κ2) is 6.62. The molecule has 0 saturated heterocycles. The van der Waals surface area contributed by atoms with Gasteiger partial charge in [-0.25, -0.2) is 4.39 Å². The standard InChI is InChI=1S/C22H24FNO/c1-24(22(25)20-14-15-7-8-18(20)13-15)21(16-5-3-2-4-6-16)17-9-11-19(23)12-10-17/h2-6,9-12,15,18,20-21H,7-8,13-14H2,1H3/t15-,18-,20-,21+/m0/s1. The third-order valence-corrected chi connectivity index (χ3v) is 6.09. The monoisotopic (exact) mass is 337 g/mol. The number of carbonyl (C=O) groups excluding carboxylic acids is 1. The first-order valence-corrected chi connectivity index (χ1v) is 9.20. The van der Waals surface area contributed by atoms with Gasteiger partial charge in [-0.2, -0.15) is 0 Å². The van der Waals surface area contributed by atoms with E-state index in [0.717, 1.165) is 23.5 Å². The topological polar surface area (TPSA) is 20.3 Å². The molecule has 0 unspecified atom stereocenters. The van der Waals surface area contributed by atoms with Crippen molar-refractivity contribution in [2.24, 2.45) is 17.8 Å². The molecular weight excluding hydrogens is 313 g/mol. The molecule has 0 N–H and O–H groups in total. The SMILES string of the molecule is CN(C(=O)[C@H]1C[C@H]2CC[C@H]1C2)[C@H](c1ccccc1)c1ccc(F)cc1. The van der Waals surface area contributed by atoms with Gasteiger partial charge in [-0.3, -0.25) is 4.79 Å². The van der Waals surface area contributed by atoms with E-state index in [2.05, 4.69) is 0 Å². The predicted octanol–water partition coefficient (Wildman–Crippen LogP) is 4.81. The largest absolute Gasteiger partial charge is 0.334 e. The fraction of sp³-hybridized carbons (Fsp3) is 0.409. The molecule has 2 aromatic rings. The van der Waals surface area contributed by atoms with Crippen LogP contribution in [0.25, 0.3) is 0 Å². The zero-order chi connectivity index (χ0) is 17.4. The van der Waals surface area contributed by atoms with Crippen LogP contribution < -0.4 is 0 Å². The Morgan fingerprint density at radius 2 is 1.68 bits per heavy atom. The van der Waals surface area contributed by atoms with Crippen molar-refractivity contribution in [1.29, 1.82) is 0 Å². The van der Waals surface area contributed by atoms with Crippen LogP contribution in [-0.2, 0) is 4.79 Å². The van der Waals surface area contributed by atoms with E-state index >= 15 is 0 Å². The van der Waals surface area contributed by atoms with Crippen molar-refractivity contribution in [2.45, 2.75) is 31.7 Å². The summed E-state index contributed by atoms with van der Waals surface area (Å²) in [7, 11) is 1.90. The quantitative estimate of drug-likeness (QED) is 0.784. The Labute approximate surface area is 148 Å². The highest BCUT2D eigenvalue weighted by molar-refractivity contribution is 5.80. The summed E-state index contributed by atoms with van der Waals surface area (Å²) in [6.45, 7) is 0. The summed E-state index contributed by atoms with van der Waals surface area (Å²) in [6, 6.07) is 16.4. The van der Waals surface area contributed by atoms with E-state index in [1.165, 1.54) is 31.4 Å². The highest BCUT2D eigenvalue weighted by Gasteiger charge is 2.44. The maximum atomic E-state index is 13.4. The molecule has 0 heterocycles. The highest BCUT2D eigenvalue weighted by atomic mass is 19.1. The van der Waals surface area contributed by atoms with Crippen LogP contribution in [0, 0.1) is 23.6 Å². The minimum absolute atomic E-state index is 0.162. The lowest BCUT2D eigenvalue weighted by Crippen LogP contribution is -2.38. The maximum absolute atomic E-state index is 13.4. The summed E-state index contributed by atoms with van der Waals surface area (Å²) < 4.78 is 13.4. The van der Waals surface area contributed by atoms with Crippen LogP contribution in [0.4, 0.5) is 4.39 Å². The third-order valence-electron chi connectivity index (χ3n) is 6.09. The molecule has 4 rings (SSSR count). The van der Waals surface area contributed by atoms with Crippen molar-refractivity contribution >= 4 is 5.91 Å². The van der Waals surface area contributed by atoms with Gasteiger partial charge in [0.15, 0.2) is 0 Å². The molecular formula is C22H24FNO. The lowest BCUT2D eigenvalue weighted by atomic mass is 9.86. The van der Waals surface area contributed by atoms with E-state index in [1.807, 2.05) is 42.3 Å². The molecule has 2 saturated carbocycles. The molecule has 3 heteroatoms. The smallest absolute Gasteiger partial charge is 0.226 e. The number of rotatable bonds is 4. The molecule has 0 aliphatic heterocycles. The van der Waals surface area contributed by atoms with Crippen LogP contribution in [0.5, 0.6) is 0 Å². The second-order valence-corrected chi connectivity index (χ2v) is 7.60. The summed E-state index contributed by atoms with van der Waals surface area (Å²) >= 11 is 0. The van der Waals surface area contributed by atoms with Gasteiger partial charge in [0.25, 0.3) is 0 Å². The summed E-state index contributed by atoms with van der Waals surface area (Å²) in [4.78, 5) is 15.1. The highest BCUT2D eigenvalue weighted by Crippen LogP contribution is 2.49. The van der Waals surface area contributed by atoms with Crippen LogP contribution >= 0.6 is 0 Å². The fourth-order valence-corrected chi connectivity index (χ4v) is 4.86. The van der Waals surface area contributed by atoms with Crippen molar-refractivity contribution in [3.63, 3.8) is 0 Å². The van der Waals surface area contributed by atoms with Crippen LogP contribution in [0.1, 0.15) is 42.9 Å². The van der Waals surface area contributed by atoms with Crippen LogP contribution in [0.15, 0.2) is 54.6 Å². The summed E-state index contributed by atoms with van der Waals surface area (Å²) in [5.74, 6) is 1.45. The van der Waals surface area contributed by atoms with Crippen molar-refractivity contribution < 1.29 is 9.18 Å². The van der Waals surface area contributed by atoms with E-state index < -0.39 is 0 Å². The van der Waals surface area contributed by atoms with E-state index in [9.17, 15) is 9.18 Å². The van der Waals surface area contributed by atoms with E-state index in [1.54, 1.807) is 12.1 Å². The van der Waals surface area contributed by atoms with Crippen molar-refractivity contribution in [1.82, 2.24) is 4.90 Å². The predicted molar refractivity (Wildman–Crippen MR) is 96.4 cm³/mol. The number of nitrogens with zero attached hydrogens (tertiary/aromatic N) is 1. The number of hydrogen-bond donors (Lipinski definition) is 0. The Kier molecular flexibility index (Phi) is 4.32. The number of halogens is 1. The third kappa shape index (κ3) is 3.08. The van der Waals surface area contributed by atoms with Crippen molar-refractivity contribution in [2.75, 3.05) is 7.05 Å². The molecule has 0 spiro atoms. The van der Waals surface area contributed by atoms with Crippen LogP contribution in [0.2, 0.25) is 0 Å². The molecule has 1 amide bonds. The molecule has 0 aromatic heterocycles. The van der Waals surface area contributed by atoms with Gasteiger partial charge in [0.05, 0.1) is 6.04 Å². The second-order valence-electron chi connectivity index (χ2n) is 7.60. The first-order valence-electron chi connectivity index (χ1n) is 9.20. The first kappa shape index (κ1) is 16.3. The summed E-state index contributed by atoms with van der Waals surface area (Å²) in [5, 5.41) is 0. The Morgan fingerprint density at radius 1 is 1.00 bits per heavy atom. The average molecular weight is 337 g/mol. The van der Waals surface area contributed by atoms with Gasteiger partial charge in [0.2, 0.25) is 5.91 Å². The molecule has 2 aliphatic rings. The number of benzene rings is 2. The first-order chi connectivity index (χ1) is 12.1. The normalized spacial score (nSPS) is 25.8. The summed E-state index contributed by atoms with van der Waals surface area (Å²) in [5.41, 5.74) is 2.01. The van der Waals surface area contributed by atoms with E-state index in [4.69, 9.17) is 0 Å². The number of fused-ring (bicyclic) bond motifs is 2. The molecule has 130 valence electrons. The Balaban J connectivity index is 1.65. The van der Waals surface area contributed by atoms with E-state index in [-0.39, 0.29) is 23.7 Å². The van der Waals surface area contributed by atoms with Crippen LogP contribution in [-0.4, -0.2) is 17.9 Å². The maximum Gasteiger partial charge on any atom is 0.226 e. The zero-order valence-electron chi connectivity index (χ0n) is 14.6. The summed E-state index contributed by atoms with van der Waals surface area (Å²) in [6.07, 6.45) is 4.75. The van der Waals surface area contributed by atoms with Gasteiger partial charge in [0, 0.05) is 13.0 Å². The number of hydrogen-bond acceptors (Lipinski definition) is 1. The lowest BCUT2D eigenvalue weighted by Gasteiger charge is -2.33. The van der Waals surface area contributed by atoms with Gasteiger partial charge >= 0.3 is 0 Å². The molecule has 2 fully saturated rings. The Hall–Kier alpha value is -2.16. The molecule has 4 atom stereocenters. The molecule has 2 bridgehead atoms. The minimum atomic E-state index is -0.252. The lowest BCUT2D eigenvalue weighted by molar-refractivity contribution is -0.137. The van der Waals surface area contributed by atoms with Gasteiger partial charge in [-0.1, -0.05) is 48.9 Å². The average Bonchev–Trinajstić information content (AvgIpc) is 3.27. The van der Waals surface area contributed by atoms with Gasteiger partial charge < -0.3 is 4.90 Å². The molecule has 2 nitrogen and oxygen atoms in total. The Morgan fingerprint density at radius 3 is 2.28 bits per heavy atom. The van der Waals surface area contributed by atoms with Crippen molar-refractivity contribution in [3.05, 3.63) is 71.5 Å². The number of carbonyl (C=O) groups is 1. The molecule has 2 aliphatic carbocycles. The molecule has 0 radical (unpaired) electrons. The Bertz CT molecular complexity index is 742. The molecule has 25 heavy (non-hydrogen) atoms. The number of amides is 1.